The monoisotopic (exact) mass is 476 g/mol. The maximum Gasteiger partial charge on any atom is 0.416 e. The highest BCUT2D eigenvalue weighted by Gasteiger charge is 2.33. The summed E-state index contributed by atoms with van der Waals surface area (Å²) < 4.78 is 54.1. The Balaban J connectivity index is 1.52. The minimum absolute atomic E-state index is 0.144. The Labute approximate surface area is 191 Å². The lowest BCUT2D eigenvalue weighted by atomic mass is 10.0. The van der Waals surface area contributed by atoms with E-state index in [4.69, 9.17) is 0 Å². The number of anilines is 2. The molecule has 0 spiro atoms. The second-order valence-electron chi connectivity index (χ2n) is 8.44. The molecule has 174 valence electrons. The molecule has 1 aromatic carbocycles. The molecule has 3 aromatic rings. The lowest BCUT2D eigenvalue weighted by Crippen LogP contribution is -2.43. The van der Waals surface area contributed by atoms with Crippen LogP contribution in [0.2, 0.25) is 0 Å². The van der Waals surface area contributed by atoms with E-state index in [9.17, 15) is 17.4 Å². The van der Waals surface area contributed by atoms with Crippen molar-refractivity contribution in [2.75, 3.05) is 22.6 Å². The van der Waals surface area contributed by atoms with Crippen molar-refractivity contribution in [3.63, 3.8) is 0 Å². The van der Waals surface area contributed by atoms with Gasteiger partial charge in [-0.05, 0) is 31.5 Å². The van der Waals surface area contributed by atoms with Gasteiger partial charge in [0.05, 0.1) is 47.2 Å². The van der Waals surface area contributed by atoms with Crippen molar-refractivity contribution in [2.24, 2.45) is 0 Å². The van der Waals surface area contributed by atoms with Gasteiger partial charge in [0, 0.05) is 42.8 Å². The van der Waals surface area contributed by atoms with Gasteiger partial charge in [-0.15, -0.1) is 0 Å². The number of imidazole rings is 1. The third-order valence-electron chi connectivity index (χ3n) is 6.21. The zero-order valence-corrected chi connectivity index (χ0v) is 19.0. The molecule has 2 atom stereocenters. The molecule has 0 N–H and O–H groups in total. The van der Waals surface area contributed by atoms with Gasteiger partial charge in [-0.2, -0.15) is 13.2 Å². The van der Waals surface area contributed by atoms with Gasteiger partial charge in [0.25, 0.3) is 0 Å². The Bertz CT molecular complexity index is 1230. The molecule has 0 saturated carbocycles. The Hall–Kier alpha value is -2.95. The van der Waals surface area contributed by atoms with Crippen molar-refractivity contribution in [1.29, 1.82) is 0 Å². The van der Waals surface area contributed by atoms with Gasteiger partial charge < -0.3 is 14.4 Å². The number of aromatic nitrogens is 4. The van der Waals surface area contributed by atoms with Crippen molar-refractivity contribution < 1.29 is 17.4 Å². The molecule has 5 rings (SSSR count). The van der Waals surface area contributed by atoms with Crippen LogP contribution in [0.3, 0.4) is 0 Å². The number of halogens is 3. The van der Waals surface area contributed by atoms with E-state index in [-0.39, 0.29) is 11.2 Å². The second-order valence-corrected chi connectivity index (χ2v) is 9.72. The number of nitrogens with zero attached hydrogens (tertiary/aromatic N) is 6. The SMILES string of the molecule is C[C@@H]1Cn2cncc2CN1c1nc(S(C)=O)nc2c1CCN(c1cccc(C(F)(F)F)c1)C2. The largest absolute Gasteiger partial charge is 0.416 e. The molecule has 1 unspecified atom stereocenters. The molecule has 11 heteroatoms. The Morgan fingerprint density at radius 2 is 2.00 bits per heavy atom. The van der Waals surface area contributed by atoms with Gasteiger partial charge in [0.1, 0.15) is 5.82 Å². The first-order valence-corrected chi connectivity index (χ1v) is 12.2. The number of alkyl halides is 3. The van der Waals surface area contributed by atoms with Crippen LogP contribution in [0.1, 0.15) is 29.4 Å². The fourth-order valence-corrected chi connectivity index (χ4v) is 4.95. The highest BCUT2D eigenvalue weighted by molar-refractivity contribution is 7.84. The molecular weight excluding hydrogens is 453 g/mol. The number of hydrogen-bond donors (Lipinski definition) is 0. The van der Waals surface area contributed by atoms with E-state index in [1.165, 1.54) is 18.4 Å². The van der Waals surface area contributed by atoms with Crippen LogP contribution in [-0.2, 0) is 43.0 Å². The van der Waals surface area contributed by atoms with Crippen molar-refractivity contribution >= 4 is 22.3 Å². The van der Waals surface area contributed by atoms with Crippen LogP contribution in [0.4, 0.5) is 24.7 Å². The number of rotatable bonds is 3. The number of benzene rings is 1. The molecule has 2 aromatic heterocycles. The van der Waals surface area contributed by atoms with Crippen molar-refractivity contribution in [2.45, 2.75) is 50.4 Å². The quantitative estimate of drug-likeness (QED) is 0.540. The smallest absolute Gasteiger partial charge is 0.365 e. The fraction of sp³-hybridized carbons (Fsp3) is 0.409. The van der Waals surface area contributed by atoms with Crippen LogP contribution in [0, 0.1) is 0 Å². The van der Waals surface area contributed by atoms with E-state index in [1.54, 1.807) is 6.07 Å². The second kappa shape index (κ2) is 8.12. The summed E-state index contributed by atoms with van der Waals surface area (Å²) in [6.45, 7) is 4.36. The standard InChI is InChI=1S/C22H23F3N6OS/c1-14-10-30-13-26-9-17(30)11-31(14)20-18-6-7-29(12-19(18)27-21(28-20)33(2)32)16-5-3-4-15(8-16)22(23,24)25/h3-5,8-9,13-14H,6-7,10-12H2,1-2H3/t14-,33?/m1/s1. The van der Waals surface area contributed by atoms with Gasteiger partial charge in [-0.25, -0.2) is 15.0 Å². The van der Waals surface area contributed by atoms with Gasteiger partial charge in [0.2, 0.25) is 5.16 Å². The highest BCUT2D eigenvalue weighted by atomic mass is 32.2. The van der Waals surface area contributed by atoms with Gasteiger partial charge in [-0.1, -0.05) is 6.07 Å². The summed E-state index contributed by atoms with van der Waals surface area (Å²) in [6, 6.07) is 5.48. The third-order valence-corrected chi connectivity index (χ3v) is 6.91. The molecule has 0 radical (unpaired) electrons. The molecule has 2 aliphatic rings. The van der Waals surface area contributed by atoms with E-state index in [2.05, 4.69) is 31.3 Å². The maximum atomic E-state index is 13.2. The molecule has 0 amide bonds. The van der Waals surface area contributed by atoms with Crippen LogP contribution in [0.15, 0.2) is 41.9 Å². The predicted octanol–water partition coefficient (Wildman–Crippen LogP) is 3.40. The molecule has 33 heavy (non-hydrogen) atoms. The summed E-state index contributed by atoms with van der Waals surface area (Å²) in [5.41, 5.74) is 2.56. The van der Waals surface area contributed by atoms with E-state index in [1.807, 2.05) is 17.4 Å². The molecular formula is C22H23F3N6OS. The average Bonchev–Trinajstić information content (AvgIpc) is 3.24. The first-order valence-electron chi connectivity index (χ1n) is 10.6. The first kappa shape index (κ1) is 21.9. The van der Waals surface area contributed by atoms with Crippen LogP contribution in [0.5, 0.6) is 0 Å². The van der Waals surface area contributed by atoms with E-state index >= 15 is 0 Å². The molecule has 0 bridgehead atoms. The maximum absolute atomic E-state index is 13.2. The van der Waals surface area contributed by atoms with E-state index in [0.29, 0.717) is 37.4 Å². The summed E-state index contributed by atoms with van der Waals surface area (Å²) >= 11 is 0. The average molecular weight is 477 g/mol. The van der Waals surface area contributed by atoms with Crippen LogP contribution in [0.25, 0.3) is 0 Å². The van der Waals surface area contributed by atoms with Crippen molar-refractivity contribution in [3.8, 4) is 0 Å². The number of fused-ring (bicyclic) bond motifs is 2. The normalized spacial score (nSPS) is 19.2. The van der Waals surface area contributed by atoms with Crippen molar-refractivity contribution in [1.82, 2.24) is 19.5 Å². The fourth-order valence-electron chi connectivity index (χ4n) is 4.50. The zero-order valence-electron chi connectivity index (χ0n) is 18.2. The molecule has 2 aliphatic heterocycles. The minimum Gasteiger partial charge on any atom is -0.365 e. The van der Waals surface area contributed by atoms with Crippen LogP contribution < -0.4 is 9.80 Å². The summed E-state index contributed by atoms with van der Waals surface area (Å²) in [5.74, 6) is 0.758. The number of hydrogen-bond acceptors (Lipinski definition) is 6. The van der Waals surface area contributed by atoms with Crippen LogP contribution >= 0.6 is 0 Å². The predicted molar refractivity (Wildman–Crippen MR) is 118 cm³/mol. The lowest BCUT2D eigenvalue weighted by molar-refractivity contribution is -0.137. The Morgan fingerprint density at radius 1 is 1.18 bits per heavy atom. The summed E-state index contributed by atoms with van der Waals surface area (Å²) in [5, 5.41) is 0.237. The summed E-state index contributed by atoms with van der Waals surface area (Å²) in [4.78, 5) is 17.5. The molecule has 7 nitrogen and oxygen atoms in total. The Morgan fingerprint density at radius 3 is 2.76 bits per heavy atom. The first-order chi connectivity index (χ1) is 15.7. The zero-order chi connectivity index (χ0) is 23.3. The summed E-state index contributed by atoms with van der Waals surface area (Å²) in [7, 11) is -1.40. The lowest BCUT2D eigenvalue weighted by Gasteiger charge is -2.38. The molecule has 0 aliphatic carbocycles. The third kappa shape index (κ3) is 4.09. The molecule has 0 saturated heterocycles. The topological polar surface area (TPSA) is 67.2 Å². The van der Waals surface area contributed by atoms with Crippen LogP contribution in [-0.4, -0.2) is 42.6 Å². The van der Waals surface area contributed by atoms with Gasteiger partial charge in [-0.3, -0.25) is 4.21 Å². The Kier molecular flexibility index (Phi) is 5.38. The highest BCUT2D eigenvalue weighted by Crippen LogP contribution is 2.35. The van der Waals surface area contributed by atoms with Gasteiger partial charge >= 0.3 is 6.18 Å². The molecule has 0 fully saturated rings. The van der Waals surface area contributed by atoms with E-state index < -0.39 is 22.5 Å². The molecule has 4 heterocycles. The summed E-state index contributed by atoms with van der Waals surface area (Å²) in [6.07, 6.45) is 1.37. The van der Waals surface area contributed by atoms with Gasteiger partial charge in [0.15, 0.2) is 0 Å². The van der Waals surface area contributed by atoms with E-state index in [0.717, 1.165) is 29.7 Å². The van der Waals surface area contributed by atoms with Crippen molar-refractivity contribution in [3.05, 3.63) is 59.3 Å². The minimum atomic E-state index is -4.40.